The number of quaternary nitrogens is 1. The van der Waals surface area contributed by atoms with Gasteiger partial charge in [-0.05, 0) is 70.6 Å². The quantitative estimate of drug-likeness (QED) is 0.0273. The minimum absolute atomic E-state index is 0.00941. The fourth-order valence-electron chi connectivity index (χ4n) is 7.18. The Hall–Kier alpha value is -1.54. The van der Waals surface area contributed by atoms with E-state index in [1.165, 1.54) is 154 Å². The summed E-state index contributed by atoms with van der Waals surface area (Å²) in [6.45, 7) is 4.60. The maximum atomic E-state index is 12.9. The van der Waals surface area contributed by atoms with Crippen LogP contribution in [-0.4, -0.2) is 68.5 Å². The number of aliphatic hydroxyl groups excluding tert-OH is 1. The molecule has 9 heteroatoms. The Kier molecular flexibility index (Phi) is 42.6. The third-order valence-electron chi connectivity index (χ3n) is 11.2. The average molecular weight is 879 g/mol. The molecular formula is C52H99N2O6P. The van der Waals surface area contributed by atoms with Crippen molar-refractivity contribution < 1.29 is 32.9 Å². The summed E-state index contributed by atoms with van der Waals surface area (Å²) in [6.07, 6.45) is 56.1. The Balaban J connectivity index is 4.25. The normalized spacial score (nSPS) is 14.5. The van der Waals surface area contributed by atoms with E-state index < -0.39 is 26.6 Å². The van der Waals surface area contributed by atoms with Gasteiger partial charge in [0.05, 0.1) is 39.9 Å². The van der Waals surface area contributed by atoms with Gasteiger partial charge in [-0.3, -0.25) is 9.36 Å². The highest BCUT2D eigenvalue weighted by atomic mass is 31.2. The number of allylic oxidation sites excluding steroid dienone is 7. The van der Waals surface area contributed by atoms with Gasteiger partial charge >= 0.3 is 0 Å². The highest BCUT2D eigenvalue weighted by Crippen LogP contribution is 2.38. The summed E-state index contributed by atoms with van der Waals surface area (Å²) in [5, 5.41) is 13.8. The molecule has 0 aliphatic heterocycles. The Bertz CT molecular complexity index is 1130. The van der Waals surface area contributed by atoms with E-state index in [1.54, 1.807) is 6.08 Å². The number of aliphatic hydroxyl groups is 1. The van der Waals surface area contributed by atoms with Crippen LogP contribution in [0, 0.1) is 0 Å². The van der Waals surface area contributed by atoms with Crippen LogP contribution < -0.4 is 10.2 Å². The Labute approximate surface area is 378 Å². The number of rotatable bonds is 46. The lowest BCUT2D eigenvalue weighted by molar-refractivity contribution is -0.870. The number of amides is 1. The Morgan fingerprint density at radius 2 is 0.918 bits per heavy atom. The highest BCUT2D eigenvalue weighted by molar-refractivity contribution is 7.45. The van der Waals surface area contributed by atoms with Crippen LogP contribution in [0.5, 0.6) is 0 Å². The molecule has 0 bridgehead atoms. The molecule has 0 aliphatic rings. The molecule has 0 radical (unpaired) electrons. The number of nitrogens with zero attached hydrogens (tertiary/aromatic N) is 1. The predicted octanol–water partition coefficient (Wildman–Crippen LogP) is 14.2. The van der Waals surface area contributed by atoms with E-state index in [-0.39, 0.29) is 12.5 Å². The highest BCUT2D eigenvalue weighted by Gasteiger charge is 2.23. The van der Waals surface area contributed by atoms with Crippen molar-refractivity contribution in [2.45, 2.75) is 238 Å². The molecule has 3 atom stereocenters. The molecule has 0 aromatic heterocycles. The van der Waals surface area contributed by atoms with Gasteiger partial charge in [-0.2, -0.15) is 0 Å². The Morgan fingerprint density at radius 1 is 0.557 bits per heavy atom. The third-order valence-corrected chi connectivity index (χ3v) is 12.2. The molecule has 1 amide bonds. The van der Waals surface area contributed by atoms with Gasteiger partial charge in [-0.25, -0.2) is 0 Å². The van der Waals surface area contributed by atoms with Gasteiger partial charge in [0.2, 0.25) is 5.91 Å². The molecule has 0 saturated heterocycles. The van der Waals surface area contributed by atoms with E-state index in [2.05, 4.69) is 55.6 Å². The standard InChI is InChI=1S/C52H99N2O6P/c1-6-8-10-12-14-16-18-20-22-23-24-25-26-27-28-29-30-31-32-34-36-38-40-42-44-46-52(56)53-50(49-60-61(57,58)59-48-47-54(3,4)5)51(55)45-43-41-39-37-35-33-21-19-17-15-13-11-9-7-2/h17,19,23-24,35,37,43,45,50-51,55H,6-16,18,20-22,25-34,36,38-42,44,46-49H2,1-5H3,(H-,53,56,57,58)/b19-17+,24-23-,37-35+,45-43+. The van der Waals surface area contributed by atoms with Crippen LogP contribution in [0.25, 0.3) is 0 Å². The van der Waals surface area contributed by atoms with Crippen LogP contribution in [0.4, 0.5) is 0 Å². The lowest BCUT2D eigenvalue weighted by Crippen LogP contribution is -2.45. The third kappa shape index (κ3) is 46.3. The second-order valence-electron chi connectivity index (χ2n) is 18.5. The summed E-state index contributed by atoms with van der Waals surface area (Å²) in [5.74, 6) is -0.212. The van der Waals surface area contributed by atoms with Crippen LogP contribution in [-0.2, 0) is 18.4 Å². The first-order chi connectivity index (χ1) is 29.5. The second-order valence-corrected chi connectivity index (χ2v) is 19.9. The van der Waals surface area contributed by atoms with Crippen molar-refractivity contribution >= 4 is 13.7 Å². The molecule has 0 saturated carbocycles. The van der Waals surface area contributed by atoms with E-state index >= 15 is 0 Å². The number of carbonyl (C=O) groups is 1. The molecule has 0 heterocycles. The van der Waals surface area contributed by atoms with Gasteiger partial charge in [-0.15, -0.1) is 0 Å². The molecule has 0 spiro atoms. The number of phosphoric acid groups is 1. The van der Waals surface area contributed by atoms with Gasteiger partial charge in [0.25, 0.3) is 7.82 Å². The second kappa shape index (κ2) is 43.7. The monoisotopic (exact) mass is 879 g/mol. The molecule has 0 fully saturated rings. The zero-order chi connectivity index (χ0) is 45.0. The van der Waals surface area contributed by atoms with E-state index in [0.29, 0.717) is 17.4 Å². The first kappa shape index (κ1) is 59.5. The van der Waals surface area contributed by atoms with Crippen LogP contribution >= 0.6 is 7.82 Å². The van der Waals surface area contributed by atoms with E-state index in [4.69, 9.17) is 9.05 Å². The average Bonchev–Trinajstić information content (AvgIpc) is 3.21. The molecule has 0 aromatic carbocycles. The predicted molar refractivity (Wildman–Crippen MR) is 261 cm³/mol. The van der Waals surface area contributed by atoms with E-state index in [1.807, 2.05) is 27.2 Å². The topological polar surface area (TPSA) is 108 Å². The summed E-state index contributed by atoms with van der Waals surface area (Å²) < 4.78 is 23.2. The summed E-state index contributed by atoms with van der Waals surface area (Å²) in [4.78, 5) is 25.4. The van der Waals surface area contributed by atoms with E-state index in [0.717, 1.165) is 51.4 Å². The summed E-state index contributed by atoms with van der Waals surface area (Å²) in [7, 11) is 1.23. The largest absolute Gasteiger partial charge is 0.756 e. The molecule has 0 aromatic rings. The van der Waals surface area contributed by atoms with Crippen LogP contribution in [0.2, 0.25) is 0 Å². The van der Waals surface area contributed by atoms with Gasteiger partial charge in [0.15, 0.2) is 0 Å². The SMILES string of the molecule is CCCCCC/C=C/CC/C=C/CC/C=C/C(O)C(COP(=O)([O-])OCC[N+](C)(C)C)NC(=O)CCCCCCCCCCCCCCC/C=C\CCCCCCCCCC. The number of hydrogen-bond acceptors (Lipinski definition) is 6. The summed E-state index contributed by atoms with van der Waals surface area (Å²) in [6, 6.07) is -0.909. The molecule has 3 unspecified atom stereocenters. The van der Waals surface area contributed by atoms with E-state index in [9.17, 15) is 19.4 Å². The number of nitrogens with one attached hydrogen (secondary N) is 1. The van der Waals surface area contributed by atoms with Crippen LogP contribution in [0.3, 0.4) is 0 Å². The Morgan fingerprint density at radius 3 is 1.34 bits per heavy atom. The fourth-order valence-corrected chi connectivity index (χ4v) is 7.90. The minimum atomic E-state index is -4.60. The molecule has 8 nitrogen and oxygen atoms in total. The molecule has 358 valence electrons. The van der Waals surface area contributed by atoms with Gasteiger partial charge in [0.1, 0.15) is 13.2 Å². The van der Waals surface area contributed by atoms with Crippen molar-refractivity contribution in [1.82, 2.24) is 5.32 Å². The minimum Gasteiger partial charge on any atom is -0.756 e. The number of phosphoric ester groups is 1. The van der Waals surface area contributed by atoms with Crippen molar-refractivity contribution in [3.05, 3.63) is 48.6 Å². The smallest absolute Gasteiger partial charge is 0.268 e. The van der Waals surface area contributed by atoms with Crippen LogP contribution in [0.15, 0.2) is 48.6 Å². The van der Waals surface area contributed by atoms with Crippen molar-refractivity contribution in [1.29, 1.82) is 0 Å². The van der Waals surface area contributed by atoms with Crippen LogP contribution in [0.1, 0.15) is 226 Å². The number of likely N-dealkylation sites (N-methyl/N-ethyl adjacent to an activating group) is 1. The molecule has 2 N–H and O–H groups in total. The van der Waals surface area contributed by atoms with Crippen molar-refractivity contribution in [2.24, 2.45) is 0 Å². The number of carbonyl (C=O) groups excluding carboxylic acids is 1. The lowest BCUT2D eigenvalue weighted by atomic mass is 10.0. The lowest BCUT2D eigenvalue weighted by Gasteiger charge is -2.29. The van der Waals surface area contributed by atoms with Crippen molar-refractivity contribution in [3.63, 3.8) is 0 Å². The molecule has 0 rings (SSSR count). The molecule has 61 heavy (non-hydrogen) atoms. The molecule has 0 aliphatic carbocycles. The zero-order valence-electron chi connectivity index (χ0n) is 40.6. The van der Waals surface area contributed by atoms with Crippen molar-refractivity contribution in [3.8, 4) is 0 Å². The summed E-state index contributed by atoms with van der Waals surface area (Å²) >= 11 is 0. The fraction of sp³-hybridized carbons (Fsp3) is 0.827. The van der Waals surface area contributed by atoms with Gasteiger partial charge in [0, 0.05) is 6.42 Å². The maximum absolute atomic E-state index is 12.9. The number of unbranched alkanes of at least 4 members (excludes halogenated alkanes) is 27. The van der Waals surface area contributed by atoms with Gasteiger partial charge in [-0.1, -0.05) is 197 Å². The van der Waals surface area contributed by atoms with Gasteiger partial charge < -0.3 is 28.8 Å². The zero-order valence-corrected chi connectivity index (χ0v) is 41.5. The molecular weight excluding hydrogens is 780 g/mol. The first-order valence-electron chi connectivity index (χ1n) is 25.5. The number of hydrogen-bond donors (Lipinski definition) is 2. The maximum Gasteiger partial charge on any atom is 0.268 e. The summed E-state index contributed by atoms with van der Waals surface area (Å²) in [5.41, 5.74) is 0. The first-order valence-corrected chi connectivity index (χ1v) is 27.0. The van der Waals surface area contributed by atoms with Crippen molar-refractivity contribution in [2.75, 3.05) is 40.9 Å².